The number of carbonyl (C=O) groups is 1. The Kier molecular flexibility index (Phi) is 4.54. The summed E-state index contributed by atoms with van der Waals surface area (Å²) in [7, 11) is 0. The minimum Gasteiger partial charge on any atom is -0.462 e. The van der Waals surface area contributed by atoms with Gasteiger partial charge in [-0.25, -0.2) is 4.79 Å². The van der Waals surface area contributed by atoms with Crippen LogP contribution in [-0.2, 0) is 10.9 Å². The van der Waals surface area contributed by atoms with Crippen LogP contribution >= 0.6 is 0 Å². The molecular formula is C19H14F3NO3. The molecule has 0 aliphatic carbocycles. The molecule has 2 aromatic carbocycles. The normalized spacial score (nSPS) is 11.5. The number of hydrogen-bond acceptors (Lipinski definition) is 3. The topological polar surface area (TPSA) is 48.3 Å². The first kappa shape index (κ1) is 17.7. The van der Waals surface area contributed by atoms with E-state index in [1.165, 1.54) is 36.5 Å². The van der Waals surface area contributed by atoms with Crippen LogP contribution in [0.2, 0.25) is 0 Å². The van der Waals surface area contributed by atoms with Crippen LogP contribution in [0.4, 0.5) is 13.2 Å². The molecule has 0 amide bonds. The molecule has 7 heteroatoms. The van der Waals surface area contributed by atoms with Crippen molar-refractivity contribution in [1.82, 2.24) is 4.57 Å². The van der Waals surface area contributed by atoms with Gasteiger partial charge >= 0.3 is 12.1 Å². The summed E-state index contributed by atoms with van der Waals surface area (Å²) in [4.78, 5) is 24.0. The zero-order valence-corrected chi connectivity index (χ0v) is 13.7. The number of benzene rings is 2. The van der Waals surface area contributed by atoms with Crippen LogP contribution < -0.4 is 5.43 Å². The van der Waals surface area contributed by atoms with Crippen LogP contribution in [0.15, 0.2) is 59.5 Å². The van der Waals surface area contributed by atoms with Crippen LogP contribution in [0.5, 0.6) is 0 Å². The molecule has 26 heavy (non-hydrogen) atoms. The molecule has 0 atom stereocenters. The summed E-state index contributed by atoms with van der Waals surface area (Å²) in [5, 5.41) is 0.276. The summed E-state index contributed by atoms with van der Waals surface area (Å²) in [5.41, 5.74) is 0.129. The van der Waals surface area contributed by atoms with E-state index in [0.717, 1.165) is 12.1 Å². The van der Waals surface area contributed by atoms with Gasteiger partial charge in [-0.1, -0.05) is 0 Å². The van der Waals surface area contributed by atoms with Gasteiger partial charge in [0.1, 0.15) is 0 Å². The first-order chi connectivity index (χ1) is 12.3. The number of hydrogen-bond donors (Lipinski definition) is 0. The fourth-order valence-electron chi connectivity index (χ4n) is 2.63. The first-order valence-electron chi connectivity index (χ1n) is 7.81. The van der Waals surface area contributed by atoms with Crippen molar-refractivity contribution in [2.24, 2.45) is 0 Å². The number of aromatic nitrogens is 1. The van der Waals surface area contributed by atoms with Gasteiger partial charge in [-0.3, -0.25) is 4.79 Å². The zero-order valence-electron chi connectivity index (χ0n) is 13.7. The second-order valence-electron chi connectivity index (χ2n) is 5.55. The summed E-state index contributed by atoms with van der Waals surface area (Å²) in [6, 6.07) is 10.4. The highest BCUT2D eigenvalue weighted by molar-refractivity contribution is 5.94. The number of ether oxygens (including phenoxy) is 1. The Morgan fingerprint density at radius 3 is 2.38 bits per heavy atom. The number of carbonyl (C=O) groups excluding carboxylic acids is 1. The van der Waals surface area contributed by atoms with Crippen LogP contribution in [0.1, 0.15) is 22.8 Å². The van der Waals surface area contributed by atoms with Gasteiger partial charge in [0.05, 0.1) is 23.3 Å². The number of esters is 1. The average molecular weight is 361 g/mol. The predicted molar refractivity (Wildman–Crippen MR) is 90.5 cm³/mol. The summed E-state index contributed by atoms with van der Waals surface area (Å²) in [6.07, 6.45) is -2.93. The Balaban J connectivity index is 2.11. The van der Waals surface area contributed by atoms with Crippen molar-refractivity contribution < 1.29 is 22.7 Å². The number of nitrogens with zero attached hydrogens (tertiary/aromatic N) is 1. The summed E-state index contributed by atoms with van der Waals surface area (Å²) >= 11 is 0. The van der Waals surface area contributed by atoms with E-state index in [1.54, 1.807) is 17.6 Å². The molecule has 1 heterocycles. The summed E-state index contributed by atoms with van der Waals surface area (Å²) < 4.78 is 44.7. The Morgan fingerprint density at radius 2 is 1.77 bits per heavy atom. The molecule has 1 aromatic heterocycles. The molecule has 0 bridgehead atoms. The van der Waals surface area contributed by atoms with E-state index in [0.29, 0.717) is 11.2 Å². The largest absolute Gasteiger partial charge is 0.462 e. The highest BCUT2D eigenvalue weighted by atomic mass is 19.4. The highest BCUT2D eigenvalue weighted by Gasteiger charge is 2.30. The Labute approximate surface area is 146 Å². The maximum atomic E-state index is 12.7. The lowest BCUT2D eigenvalue weighted by Gasteiger charge is -2.13. The molecule has 0 unspecified atom stereocenters. The van der Waals surface area contributed by atoms with Crippen molar-refractivity contribution in [3.8, 4) is 5.69 Å². The van der Waals surface area contributed by atoms with E-state index >= 15 is 0 Å². The van der Waals surface area contributed by atoms with E-state index in [4.69, 9.17) is 4.74 Å². The number of alkyl halides is 3. The number of rotatable bonds is 3. The third-order valence-electron chi connectivity index (χ3n) is 3.88. The molecule has 3 aromatic rings. The molecule has 134 valence electrons. The minimum atomic E-state index is -4.42. The van der Waals surface area contributed by atoms with E-state index < -0.39 is 17.7 Å². The minimum absolute atomic E-state index is 0.210. The lowest BCUT2D eigenvalue weighted by atomic mass is 10.1. The average Bonchev–Trinajstić information content (AvgIpc) is 2.61. The van der Waals surface area contributed by atoms with Crippen LogP contribution in [0.25, 0.3) is 16.6 Å². The number of fused-ring (bicyclic) bond motifs is 1. The summed E-state index contributed by atoms with van der Waals surface area (Å²) in [6.45, 7) is 1.89. The molecule has 4 nitrogen and oxygen atoms in total. The van der Waals surface area contributed by atoms with Gasteiger partial charge in [0.25, 0.3) is 0 Å². The maximum Gasteiger partial charge on any atom is 0.416 e. The van der Waals surface area contributed by atoms with Crippen molar-refractivity contribution in [2.45, 2.75) is 13.1 Å². The van der Waals surface area contributed by atoms with Gasteiger partial charge in [0, 0.05) is 23.3 Å². The van der Waals surface area contributed by atoms with Gasteiger partial charge in [-0.05, 0) is 49.4 Å². The monoisotopic (exact) mass is 361 g/mol. The van der Waals surface area contributed by atoms with Crippen molar-refractivity contribution in [2.75, 3.05) is 6.61 Å². The van der Waals surface area contributed by atoms with E-state index in [1.807, 2.05) is 0 Å². The molecular weight excluding hydrogens is 347 g/mol. The van der Waals surface area contributed by atoms with Crippen LogP contribution in [-0.4, -0.2) is 17.1 Å². The Bertz CT molecular complexity index is 1020. The smallest absolute Gasteiger partial charge is 0.416 e. The van der Waals surface area contributed by atoms with Crippen LogP contribution in [0, 0.1) is 0 Å². The van der Waals surface area contributed by atoms with Gasteiger partial charge in [0.15, 0.2) is 5.43 Å². The number of pyridine rings is 1. The SMILES string of the molecule is CCOC(=O)c1ccc2c(c1)c(=O)ccn2-c1ccc(C(F)(F)F)cc1. The molecule has 0 N–H and O–H groups in total. The second-order valence-corrected chi connectivity index (χ2v) is 5.55. The van der Waals surface area contributed by atoms with E-state index in [-0.39, 0.29) is 23.0 Å². The summed E-state index contributed by atoms with van der Waals surface area (Å²) in [5.74, 6) is -0.543. The molecule has 0 saturated carbocycles. The molecule has 0 saturated heterocycles. The van der Waals surface area contributed by atoms with Gasteiger partial charge in [-0.15, -0.1) is 0 Å². The van der Waals surface area contributed by atoms with Crippen molar-refractivity contribution in [3.63, 3.8) is 0 Å². The molecule has 0 aliphatic rings. The van der Waals surface area contributed by atoms with Crippen molar-refractivity contribution >= 4 is 16.9 Å². The van der Waals surface area contributed by atoms with Crippen LogP contribution in [0.3, 0.4) is 0 Å². The molecule has 0 spiro atoms. The fraction of sp³-hybridized carbons (Fsp3) is 0.158. The Hall–Kier alpha value is -3.09. The third-order valence-corrected chi connectivity index (χ3v) is 3.88. The van der Waals surface area contributed by atoms with Crippen molar-refractivity contribution in [1.29, 1.82) is 0 Å². The maximum absolute atomic E-state index is 12.7. The van der Waals surface area contributed by atoms with E-state index in [2.05, 4.69) is 0 Å². The third kappa shape index (κ3) is 3.33. The molecule has 0 aliphatic heterocycles. The van der Waals surface area contributed by atoms with Gasteiger partial charge in [-0.2, -0.15) is 13.2 Å². The Morgan fingerprint density at radius 1 is 1.08 bits per heavy atom. The number of halogens is 3. The lowest BCUT2D eigenvalue weighted by Crippen LogP contribution is -2.10. The second kappa shape index (κ2) is 6.67. The lowest BCUT2D eigenvalue weighted by molar-refractivity contribution is -0.137. The van der Waals surface area contributed by atoms with Gasteiger partial charge < -0.3 is 9.30 Å². The van der Waals surface area contributed by atoms with Gasteiger partial charge in [0.2, 0.25) is 0 Å². The predicted octanol–water partition coefficient (Wildman–Crippen LogP) is 4.19. The molecule has 0 fully saturated rings. The fourth-order valence-corrected chi connectivity index (χ4v) is 2.63. The van der Waals surface area contributed by atoms with E-state index in [9.17, 15) is 22.8 Å². The molecule has 0 radical (unpaired) electrons. The standard InChI is InChI=1S/C19H14F3NO3/c1-2-26-18(25)12-3-8-16-15(11-12)17(24)9-10-23(16)14-6-4-13(5-7-14)19(20,21)22/h3-11H,2H2,1H3. The highest BCUT2D eigenvalue weighted by Crippen LogP contribution is 2.30. The van der Waals surface area contributed by atoms with Crippen molar-refractivity contribution in [3.05, 3.63) is 76.1 Å². The molecule has 3 rings (SSSR count). The first-order valence-corrected chi connectivity index (χ1v) is 7.81. The zero-order chi connectivity index (χ0) is 18.9. The quantitative estimate of drug-likeness (QED) is 0.658.